The van der Waals surface area contributed by atoms with Crippen LogP contribution >= 0.6 is 0 Å². The van der Waals surface area contributed by atoms with E-state index in [0.29, 0.717) is 0 Å². The number of allylic oxidation sites excluding steroid dienone is 6. The molecule has 3 aromatic carbocycles. The predicted molar refractivity (Wildman–Crippen MR) is 151 cm³/mol. The zero-order chi connectivity index (χ0) is 24.7. The summed E-state index contributed by atoms with van der Waals surface area (Å²) in [5, 5.41) is 0. The molecule has 4 aliphatic carbocycles. The summed E-state index contributed by atoms with van der Waals surface area (Å²) in [5.41, 5.74) is 13.4. The van der Waals surface area contributed by atoms with Gasteiger partial charge in [-0.3, -0.25) is 0 Å². The van der Waals surface area contributed by atoms with Gasteiger partial charge in [-0.15, -0.1) is 0 Å². The minimum atomic E-state index is -2.21. The molecule has 190 valence electrons. The van der Waals surface area contributed by atoms with Crippen LogP contribution in [0.4, 0.5) is 0 Å². The Balaban J connectivity index is 0.00000147. The molecular weight excluding hydrogens is 583 g/mol. The summed E-state index contributed by atoms with van der Waals surface area (Å²) in [5.74, 6) is 0. The summed E-state index contributed by atoms with van der Waals surface area (Å²) < 4.78 is 6.07. The number of benzene rings is 3. The Morgan fingerprint density at radius 2 is 1.50 bits per heavy atom. The van der Waals surface area contributed by atoms with Crippen molar-refractivity contribution in [2.75, 3.05) is 0 Å². The molecule has 7 rings (SSSR count). The smallest absolute Gasteiger partial charge is 1.00 e. The second-order valence-electron chi connectivity index (χ2n) is 11.9. The fraction of sp³-hybridized carbons (Fsp3) is 0.229. The van der Waals surface area contributed by atoms with Crippen molar-refractivity contribution in [2.45, 2.75) is 51.4 Å². The molecule has 0 fully saturated rings. The second kappa shape index (κ2) is 9.85. The number of hydrogen-bond acceptors (Lipinski definition) is 0. The Morgan fingerprint density at radius 3 is 2.18 bits per heavy atom. The summed E-state index contributed by atoms with van der Waals surface area (Å²) in [6.07, 6.45) is 16.5. The van der Waals surface area contributed by atoms with Gasteiger partial charge in [-0.05, 0) is 0 Å². The molecule has 0 aliphatic heterocycles. The van der Waals surface area contributed by atoms with Crippen LogP contribution in [0.15, 0.2) is 85.5 Å². The first-order valence-corrected chi connectivity index (χ1v) is 17.1. The van der Waals surface area contributed by atoms with Crippen LogP contribution < -0.4 is 24.8 Å². The van der Waals surface area contributed by atoms with Crippen LogP contribution in [0.5, 0.6) is 0 Å². The molecule has 0 atom stereocenters. The molecule has 0 saturated heterocycles. The summed E-state index contributed by atoms with van der Waals surface area (Å²) >= 11 is -2.21. The molecular formula is C35H32Cl2Zr. The molecule has 0 radical (unpaired) electrons. The van der Waals surface area contributed by atoms with Crippen LogP contribution in [0, 0.1) is 0 Å². The molecule has 0 amide bonds. The van der Waals surface area contributed by atoms with E-state index in [-0.39, 0.29) is 35.6 Å². The van der Waals surface area contributed by atoms with Gasteiger partial charge in [-0.25, -0.2) is 0 Å². The topological polar surface area (TPSA) is 0 Å². The van der Waals surface area contributed by atoms with Crippen LogP contribution in [0.2, 0.25) is 0 Å². The van der Waals surface area contributed by atoms with E-state index in [1.165, 1.54) is 50.1 Å². The molecule has 0 bridgehead atoms. The van der Waals surface area contributed by atoms with Gasteiger partial charge in [-0.1, -0.05) is 0 Å². The summed E-state index contributed by atoms with van der Waals surface area (Å²) in [7, 11) is 0. The quantitative estimate of drug-likeness (QED) is 0.333. The molecule has 3 heteroatoms. The number of rotatable bonds is 3. The minimum absolute atomic E-state index is 0. The Bertz CT molecular complexity index is 1610. The van der Waals surface area contributed by atoms with Gasteiger partial charge < -0.3 is 24.8 Å². The van der Waals surface area contributed by atoms with Crippen molar-refractivity contribution in [1.29, 1.82) is 0 Å². The maximum atomic E-state index is 2.67. The van der Waals surface area contributed by atoms with Crippen LogP contribution in [-0.2, 0) is 38.5 Å². The van der Waals surface area contributed by atoms with Gasteiger partial charge in [-0.2, -0.15) is 0 Å². The molecule has 0 heterocycles. The third-order valence-corrected chi connectivity index (χ3v) is 16.2. The van der Waals surface area contributed by atoms with E-state index >= 15 is 0 Å². The van der Waals surface area contributed by atoms with E-state index in [9.17, 15) is 0 Å². The van der Waals surface area contributed by atoms with Crippen molar-refractivity contribution >= 4 is 15.9 Å². The minimum Gasteiger partial charge on any atom is -1.00 e. The van der Waals surface area contributed by atoms with Crippen molar-refractivity contribution < 1.29 is 46.1 Å². The predicted octanol–water partition coefficient (Wildman–Crippen LogP) is 2.51. The summed E-state index contributed by atoms with van der Waals surface area (Å²) in [4.78, 5) is 0. The molecule has 0 unspecified atom stereocenters. The zero-order valence-electron chi connectivity index (χ0n) is 22.4. The van der Waals surface area contributed by atoms with Crippen molar-refractivity contribution in [3.8, 4) is 11.1 Å². The first-order chi connectivity index (χ1) is 17.3. The molecule has 3 aromatic rings. The molecule has 4 aliphatic rings. The van der Waals surface area contributed by atoms with Gasteiger partial charge in [0, 0.05) is 0 Å². The average Bonchev–Trinajstić information content (AvgIpc) is 3.62. The average molecular weight is 615 g/mol. The van der Waals surface area contributed by atoms with Crippen LogP contribution in [0.1, 0.15) is 73.1 Å². The Hall–Kier alpha value is -2.05. The largest absolute Gasteiger partial charge is 1.00 e. The fourth-order valence-corrected chi connectivity index (χ4v) is 13.9. The monoisotopic (exact) mass is 612 g/mol. The number of halogens is 2. The van der Waals surface area contributed by atoms with E-state index in [4.69, 9.17) is 0 Å². The van der Waals surface area contributed by atoms with E-state index in [1.54, 1.807) is 6.56 Å². The normalized spacial score (nSPS) is 18.1. The third kappa shape index (κ3) is 4.27. The van der Waals surface area contributed by atoms with E-state index < -0.39 is 21.3 Å². The standard InChI is InChI=1S/C23H21.C7H6.C5H5.2ClH.Zr/c1-22(2)7-5-14-10-18-16(12-20(14)22)9-17-13-21-15(11-19(17)18)6-8-23(21,3)4;1-7-5-3-2-4-6-7;1-2-4-5-3-1;;;/h5-7,10-13H,9H2,1-4H3;1-6H;1-3H,4H2;2*1H;/q;;;;;+2/p-2. The molecule has 0 N–H and O–H groups in total. The molecule has 0 spiro atoms. The first-order valence-electron chi connectivity index (χ1n) is 13.2. The van der Waals surface area contributed by atoms with Gasteiger partial charge in [0.25, 0.3) is 0 Å². The SMILES string of the molecule is CC1(C)C=Cc2cc3c(cc21)Cc1cc2c(cc1-3)C=[C]([Zr+2](=[CH]c1ccccc1)[C]1=CC=CC1)C2(C)C.[Cl-].[Cl-]. The zero-order valence-corrected chi connectivity index (χ0v) is 26.4. The van der Waals surface area contributed by atoms with Crippen molar-refractivity contribution in [1.82, 2.24) is 0 Å². The van der Waals surface area contributed by atoms with Crippen molar-refractivity contribution in [3.63, 3.8) is 0 Å². The molecule has 38 heavy (non-hydrogen) atoms. The van der Waals surface area contributed by atoms with Gasteiger partial charge in [0.1, 0.15) is 0 Å². The van der Waals surface area contributed by atoms with E-state index in [1.807, 2.05) is 0 Å². The molecule has 0 saturated carbocycles. The van der Waals surface area contributed by atoms with Gasteiger partial charge in [0.05, 0.1) is 0 Å². The van der Waals surface area contributed by atoms with Gasteiger partial charge in [0.15, 0.2) is 0 Å². The van der Waals surface area contributed by atoms with E-state index in [0.717, 1.165) is 12.8 Å². The first kappa shape index (κ1) is 27.5. The van der Waals surface area contributed by atoms with Crippen LogP contribution in [-0.4, -0.2) is 3.71 Å². The summed E-state index contributed by atoms with van der Waals surface area (Å²) in [6, 6.07) is 21.0. The maximum Gasteiger partial charge on any atom is -1.00 e. The molecule has 0 nitrogen and oxygen atoms in total. The molecule has 0 aromatic heterocycles. The second-order valence-corrected chi connectivity index (χ2v) is 17.5. The van der Waals surface area contributed by atoms with Gasteiger partial charge >= 0.3 is 224 Å². The van der Waals surface area contributed by atoms with Crippen LogP contribution in [0.3, 0.4) is 0 Å². The Kier molecular flexibility index (Phi) is 7.13. The third-order valence-electron chi connectivity index (χ3n) is 8.76. The maximum absolute atomic E-state index is 2.67. The fourth-order valence-electron chi connectivity index (χ4n) is 6.67. The van der Waals surface area contributed by atoms with Crippen LogP contribution in [0.25, 0.3) is 23.3 Å². The van der Waals surface area contributed by atoms with E-state index in [2.05, 4.69) is 122 Å². The van der Waals surface area contributed by atoms with Crippen molar-refractivity contribution in [3.05, 3.63) is 124 Å². The number of fused-ring (bicyclic) bond motifs is 5. The van der Waals surface area contributed by atoms with Crippen molar-refractivity contribution in [2.24, 2.45) is 0 Å². The van der Waals surface area contributed by atoms with Gasteiger partial charge in [0.2, 0.25) is 0 Å². The number of hydrogen-bond donors (Lipinski definition) is 0. The Morgan fingerprint density at radius 1 is 0.816 bits per heavy atom. The Labute approximate surface area is 247 Å². The summed E-state index contributed by atoms with van der Waals surface area (Å²) in [6.45, 7) is 9.61.